The van der Waals surface area contributed by atoms with Gasteiger partial charge in [-0.3, -0.25) is 9.89 Å². The molecule has 6 heteroatoms. The molecule has 0 radical (unpaired) electrons. The Hall–Kier alpha value is -3.15. The lowest BCUT2D eigenvalue weighted by Gasteiger charge is -1.99. The molecule has 3 rings (SSSR count). The number of methoxy groups -OCH3 is 1. The van der Waals surface area contributed by atoms with Gasteiger partial charge in [-0.05, 0) is 24.6 Å². The molecule has 0 spiro atoms. The Morgan fingerprint density at radius 3 is 2.48 bits per heavy atom. The van der Waals surface area contributed by atoms with Crippen molar-refractivity contribution in [2.24, 2.45) is 0 Å². The van der Waals surface area contributed by atoms with E-state index >= 15 is 0 Å². The second kappa shape index (κ2) is 9.22. The molecule has 0 saturated carbocycles. The van der Waals surface area contributed by atoms with Crippen LogP contribution in [0.5, 0.6) is 5.88 Å². The minimum Gasteiger partial charge on any atom is -0.481 e. The molecule has 0 aliphatic rings. The standard InChI is InChI=1S/C12H12N2O.C7H10N2O/c1-9-2-4-10(5-3-9)6-11-7-12(8-15)14-13-11;1-8-6-3-4-7(10-2)9-5-6/h2-5,7-8H,6H2,1H3,(H,13,14);3-5,8H,1-2H3. The van der Waals surface area contributed by atoms with Gasteiger partial charge < -0.3 is 10.1 Å². The monoisotopic (exact) mass is 338 g/mol. The van der Waals surface area contributed by atoms with E-state index in [0.717, 1.165) is 24.1 Å². The van der Waals surface area contributed by atoms with Crippen molar-refractivity contribution < 1.29 is 9.53 Å². The topological polar surface area (TPSA) is 79.9 Å². The Kier molecular flexibility index (Phi) is 6.71. The van der Waals surface area contributed by atoms with Gasteiger partial charge >= 0.3 is 0 Å². The summed E-state index contributed by atoms with van der Waals surface area (Å²) in [5.41, 5.74) is 4.86. The maximum Gasteiger partial charge on any atom is 0.213 e. The van der Waals surface area contributed by atoms with E-state index in [2.05, 4.69) is 51.7 Å². The number of aromatic nitrogens is 3. The maximum atomic E-state index is 10.4. The number of nitrogens with one attached hydrogen (secondary N) is 2. The van der Waals surface area contributed by atoms with Crippen molar-refractivity contribution in [1.29, 1.82) is 0 Å². The number of carbonyl (C=O) groups is 1. The number of aromatic amines is 1. The number of ether oxygens (including phenoxy) is 1. The first kappa shape index (κ1) is 18.2. The highest BCUT2D eigenvalue weighted by atomic mass is 16.5. The molecular weight excluding hydrogens is 316 g/mol. The van der Waals surface area contributed by atoms with Crippen LogP contribution >= 0.6 is 0 Å². The van der Waals surface area contributed by atoms with Crippen molar-refractivity contribution in [2.75, 3.05) is 19.5 Å². The molecule has 3 aromatic rings. The summed E-state index contributed by atoms with van der Waals surface area (Å²) >= 11 is 0. The van der Waals surface area contributed by atoms with Crippen LogP contribution in [0, 0.1) is 6.92 Å². The fourth-order valence-electron chi connectivity index (χ4n) is 2.11. The van der Waals surface area contributed by atoms with Gasteiger partial charge in [-0.15, -0.1) is 0 Å². The first-order valence-corrected chi connectivity index (χ1v) is 7.87. The number of pyridine rings is 1. The highest BCUT2D eigenvalue weighted by Crippen LogP contribution is 2.10. The van der Waals surface area contributed by atoms with E-state index in [1.165, 1.54) is 11.1 Å². The molecule has 0 unspecified atom stereocenters. The zero-order chi connectivity index (χ0) is 18.1. The Morgan fingerprint density at radius 2 is 1.96 bits per heavy atom. The van der Waals surface area contributed by atoms with Crippen molar-refractivity contribution in [3.05, 3.63) is 71.2 Å². The number of H-pyrrole nitrogens is 1. The summed E-state index contributed by atoms with van der Waals surface area (Å²) in [5, 5.41) is 9.65. The zero-order valence-corrected chi connectivity index (χ0v) is 14.6. The summed E-state index contributed by atoms with van der Waals surface area (Å²) in [4.78, 5) is 14.4. The minimum atomic E-state index is 0.456. The van der Waals surface area contributed by atoms with Gasteiger partial charge in [-0.1, -0.05) is 29.8 Å². The number of rotatable bonds is 5. The van der Waals surface area contributed by atoms with Crippen molar-refractivity contribution in [3.8, 4) is 5.88 Å². The Labute approximate surface area is 147 Å². The lowest BCUT2D eigenvalue weighted by Crippen LogP contribution is -1.90. The van der Waals surface area contributed by atoms with E-state index in [-0.39, 0.29) is 0 Å². The van der Waals surface area contributed by atoms with Crippen LogP contribution in [-0.4, -0.2) is 35.6 Å². The summed E-state index contributed by atoms with van der Waals surface area (Å²) in [5.74, 6) is 0.638. The van der Waals surface area contributed by atoms with Gasteiger partial charge in [-0.25, -0.2) is 4.98 Å². The molecule has 2 aromatic heterocycles. The molecule has 0 saturated heterocycles. The largest absolute Gasteiger partial charge is 0.481 e. The number of benzene rings is 1. The second-order valence-electron chi connectivity index (χ2n) is 5.44. The molecule has 0 fully saturated rings. The predicted octanol–water partition coefficient (Wildman–Crippen LogP) is 3.25. The summed E-state index contributed by atoms with van der Waals surface area (Å²) in [7, 11) is 3.45. The predicted molar refractivity (Wildman–Crippen MR) is 98.3 cm³/mol. The fourth-order valence-corrected chi connectivity index (χ4v) is 2.11. The van der Waals surface area contributed by atoms with Crippen molar-refractivity contribution in [1.82, 2.24) is 15.2 Å². The molecule has 130 valence electrons. The second-order valence-corrected chi connectivity index (χ2v) is 5.44. The van der Waals surface area contributed by atoms with E-state index in [1.807, 2.05) is 19.2 Å². The average molecular weight is 338 g/mol. The number of nitrogens with zero attached hydrogens (tertiary/aromatic N) is 2. The van der Waals surface area contributed by atoms with Crippen molar-refractivity contribution in [3.63, 3.8) is 0 Å². The summed E-state index contributed by atoms with van der Waals surface area (Å²) in [6, 6.07) is 13.8. The third-order valence-electron chi connectivity index (χ3n) is 3.52. The normalized spacial score (nSPS) is 9.72. The third-order valence-corrected chi connectivity index (χ3v) is 3.52. The molecule has 2 N–H and O–H groups in total. The van der Waals surface area contributed by atoms with Crippen LogP contribution in [0.2, 0.25) is 0 Å². The van der Waals surface area contributed by atoms with Gasteiger partial charge in [0.15, 0.2) is 6.29 Å². The van der Waals surface area contributed by atoms with E-state index in [0.29, 0.717) is 11.6 Å². The van der Waals surface area contributed by atoms with E-state index in [9.17, 15) is 4.79 Å². The van der Waals surface area contributed by atoms with Gasteiger partial charge in [0.2, 0.25) is 5.88 Å². The van der Waals surface area contributed by atoms with Crippen LogP contribution in [0.1, 0.15) is 27.3 Å². The van der Waals surface area contributed by atoms with Crippen molar-refractivity contribution in [2.45, 2.75) is 13.3 Å². The smallest absolute Gasteiger partial charge is 0.213 e. The molecule has 0 amide bonds. The molecular formula is C19H22N4O2. The molecule has 0 bridgehead atoms. The van der Waals surface area contributed by atoms with E-state index in [4.69, 9.17) is 4.74 Å². The molecule has 1 aromatic carbocycles. The van der Waals surface area contributed by atoms with E-state index < -0.39 is 0 Å². The highest BCUT2D eigenvalue weighted by molar-refractivity contribution is 5.71. The van der Waals surface area contributed by atoms with Gasteiger partial charge in [0.25, 0.3) is 0 Å². The molecule has 25 heavy (non-hydrogen) atoms. The summed E-state index contributed by atoms with van der Waals surface area (Å²) in [6.07, 6.45) is 3.25. The number of hydrogen-bond acceptors (Lipinski definition) is 5. The SMILES string of the molecule is CNc1ccc(OC)nc1.Cc1ccc(Cc2cc(C=O)n[nH]2)cc1. The first-order chi connectivity index (χ1) is 12.1. The van der Waals surface area contributed by atoms with Crippen LogP contribution in [-0.2, 0) is 6.42 Å². The van der Waals surface area contributed by atoms with E-state index in [1.54, 1.807) is 19.4 Å². The van der Waals surface area contributed by atoms with Crippen LogP contribution < -0.4 is 10.1 Å². The van der Waals surface area contributed by atoms with Crippen LogP contribution in [0.25, 0.3) is 0 Å². The van der Waals surface area contributed by atoms with Crippen LogP contribution in [0.3, 0.4) is 0 Å². The minimum absolute atomic E-state index is 0.456. The Balaban J connectivity index is 0.000000196. The van der Waals surface area contributed by atoms with Gasteiger partial charge in [0.1, 0.15) is 5.69 Å². The van der Waals surface area contributed by atoms with Gasteiger partial charge in [0.05, 0.1) is 19.0 Å². The van der Waals surface area contributed by atoms with Crippen molar-refractivity contribution >= 4 is 12.0 Å². The van der Waals surface area contributed by atoms with Crippen LogP contribution in [0.15, 0.2) is 48.7 Å². The summed E-state index contributed by atoms with van der Waals surface area (Å²) < 4.78 is 4.87. The molecule has 2 heterocycles. The summed E-state index contributed by atoms with van der Waals surface area (Å²) in [6.45, 7) is 2.06. The highest BCUT2D eigenvalue weighted by Gasteiger charge is 2.00. The van der Waals surface area contributed by atoms with Gasteiger partial charge in [-0.2, -0.15) is 5.10 Å². The third kappa shape index (κ3) is 5.76. The zero-order valence-electron chi connectivity index (χ0n) is 14.6. The van der Waals surface area contributed by atoms with Crippen LogP contribution in [0.4, 0.5) is 5.69 Å². The lowest BCUT2D eigenvalue weighted by molar-refractivity contribution is 0.111. The number of aldehydes is 1. The molecule has 0 aliphatic carbocycles. The fraction of sp³-hybridized carbons (Fsp3) is 0.211. The first-order valence-electron chi connectivity index (χ1n) is 7.87. The number of anilines is 1. The average Bonchev–Trinajstić information content (AvgIpc) is 3.12. The molecule has 0 atom stereocenters. The quantitative estimate of drug-likeness (QED) is 0.698. The lowest BCUT2D eigenvalue weighted by atomic mass is 10.1. The maximum absolute atomic E-state index is 10.4. The Morgan fingerprint density at radius 1 is 1.20 bits per heavy atom. The van der Waals surface area contributed by atoms with Gasteiger partial charge in [0, 0.05) is 25.2 Å². The number of carbonyl (C=O) groups excluding carboxylic acids is 1. The number of hydrogen-bond donors (Lipinski definition) is 2. The Bertz CT molecular complexity index is 757. The molecule has 0 aliphatic heterocycles. The molecule has 6 nitrogen and oxygen atoms in total. The number of aryl methyl sites for hydroxylation is 1.